The molecule has 4 rings (SSSR count). The first-order valence-electron chi connectivity index (χ1n) is 10.3. The van der Waals surface area contributed by atoms with Crippen molar-refractivity contribution in [3.63, 3.8) is 0 Å². The maximum absolute atomic E-state index is 11.9. The molecule has 0 saturated heterocycles. The highest BCUT2D eigenvalue weighted by atomic mass is 16.4. The molecular weight excluding hydrogens is 330 g/mol. The first kappa shape index (κ1) is 18.1. The minimum atomic E-state index is -0.735. The van der Waals surface area contributed by atoms with Crippen LogP contribution in [-0.4, -0.2) is 27.8 Å². The Morgan fingerprint density at radius 2 is 1.85 bits per heavy atom. The molecular formula is C20H31N3O3. The topological polar surface area (TPSA) is 106 Å². The normalized spacial score (nSPS) is 53.0. The average Bonchev–Trinajstić information content (AvgIpc) is 2.89. The highest BCUT2D eigenvalue weighted by Crippen LogP contribution is 2.70. The van der Waals surface area contributed by atoms with E-state index in [9.17, 15) is 20.5 Å². The van der Waals surface area contributed by atoms with E-state index in [2.05, 4.69) is 23.9 Å². The molecule has 6 nitrogen and oxygen atoms in total. The molecule has 0 heterocycles. The van der Waals surface area contributed by atoms with Gasteiger partial charge in [0, 0.05) is 4.91 Å². The number of carboxylic acid groups (broad SMARTS) is 1. The first-order chi connectivity index (χ1) is 12.3. The summed E-state index contributed by atoms with van der Waals surface area (Å²) in [6.45, 7) is 4.46. The molecule has 0 bridgehead atoms. The lowest BCUT2D eigenvalue weighted by atomic mass is 9.42. The zero-order chi connectivity index (χ0) is 18.7. The lowest BCUT2D eigenvalue weighted by molar-refractivity contribution is -0.157. The van der Waals surface area contributed by atoms with Crippen LogP contribution in [0.4, 0.5) is 0 Å². The van der Waals surface area contributed by atoms with Gasteiger partial charge in [-0.3, -0.25) is 4.79 Å². The highest BCUT2D eigenvalue weighted by molar-refractivity contribution is 5.72. The summed E-state index contributed by atoms with van der Waals surface area (Å²) >= 11 is 0. The van der Waals surface area contributed by atoms with Crippen molar-refractivity contribution >= 4 is 5.97 Å². The molecule has 8 atom stereocenters. The Balaban J connectivity index is 1.76. The van der Waals surface area contributed by atoms with Crippen molar-refractivity contribution in [1.29, 1.82) is 0 Å². The molecule has 4 aliphatic carbocycles. The first-order valence-corrected chi connectivity index (χ1v) is 10.3. The summed E-state index contributed by atoms with van der Waals surface area (Å²) in [6, 6.07) is 0. The second kappa shape index (κ2) is 5.87. The van der Waals surface area contributed by atoms with Crippen LogP contribution in [0.2, 0.25) is 0 Å². The van der Waals surface area contributed by atoms with Crippen molar-refractivity contribution < 1.29 is 15.0 Å². The van der Waals surface area contributed by atoms with Gasteiger partial charge in [0.05, 0.1) is 17.6 Å². The highest BCUT2D eigenvalue weighted by Gasteiger charge is 2.68. The van der Waals surface area contributed by atoms with E-state index in [1.807, 2.05) is 0 Å². The summed E-state index contributed by atoms with van der Waals surface area (Å²) in [5.74, 6) is 0.142. The van der Waals surface area contributed by atoms with E-state index >= 15 is 0 Å². The maximum atomic E-state index is 11.9. The van der Waals surface area contributed by atoms with Crippen molar-refractivity contribution in [2.75, 3.05) is 0 Å². The summed E-state index contributed by atoms with van der Waals surface area (Å²) < 4.78 is 0. The van der Waals surface area contributed by atoms with E-state index in [0.717, 1.165) is 44.9 Å². The van der Waals surface area contributed by atoms with Crippen molar-refractivity contribution in [3.8, 4) is 0 Å². The van der Waals surface area contributed by atoms with Gasteiger partial charge in [-0.05, 0) is 91.9 Å². The van der Waals surface area contributed by atoms with Gasteiger partial charge >= 0.3 is 5.97 Å². The number of fused-ring (bicyclic) bond motifs is 5. The molecule has 0 radical (unpaired) electrons. The molecule has 2 N–H and O–H groups in total. The van der Waals surface area contributed by atoms with Crippen LogP contribution >= 0.6 is 0 Å². The van der Waals surface area contributed by atoms with Crippen molar-refractivity contribution in [3.05, 3.63) is 10.4 Å². The van der Waals surface area contributed by atoms with Crippen LogP contribution in [0.15, 0.2) is 5.11 Å². The molecule has 0 aromatic rings. The Morgan fingerprint density at radius 1 is 1.08 bits per heavy atom. The number of aliphatic hydroxyl groups excluding tert-OH is 1. The zero-order valence-electron chi connectivity index (χ0n) is 15.9. The molecule has 144 valence electrons. The average molecular weight is 361 g/mol. The quantitative estimate of drug-likeness (QED) is 0.429. The molecule has 6 heteroatoms. The molecule has 26 heavy (non-hydrogen) atoms. The smallest absolute Gasteiger partial charge is 0.307 e. The van der Waals surface area contributed by atoms with Gasteiger partial charge in [0.15, 0.2) is 0 Å². The van der Waals surface area contributed by atoms with Crippen LogP contribution in [0.3, 0.4) is 0 Å². The molecule has 0 aliphatic heterocycles. The zero-order valence-corrected chi connectivity index (χ0v) is 15.9. The fraction of sp³-hybridized carbons (Fsp3) is 0.950. The lowest BCUT2D eigenvalue weighted by Crippen LogP contribution is -2.61. The monoisotopic (exact) mass is 361 g/mol. The summed E-state index contributed by atoms with van der Waals surface area (Å²) in [6.07, 6.45) is 7.85. The molecule has 0 aromatic heterocycles. The number of nitrogens with zero attached hydrogens (tertiary/aromatic N) is 3. The maximum Gasteiger partial charge on any atom is 0.307 e. The molecule has 3 unspecified atom stereocenters. The van der Waals surface area contributed by atoms with E-state index < -0.39 is 22.8 Å². The standard InChI is InChI=1S/C20H31N3O3/c1-18-8-5-13(24)11-12(18)3-4-15-14(18)6-9-19(2)16(17(25)26)7-10-20(15,19)22-23-21/h12-16,24H,3-11H2,1-2H3,(H,25,26)/t12?,13?,14-,15+,16?,18-,19+,20+/m0/s1. The van der Waals surface area contributed by atoms with Gasteiger partial charge < -0.3 is 10.2 Å². The van der Waals surface area contributed by atoms with Crippen molar-refractivity contribution in [2.45, 2.75) is 83.3 Å². The minimum absolute atomic E-state index is 0.174. The number of carboxylic acids is 1. The molecule has 4 fully saturated rings. The third-order valence-corrected chi connectivity index (χ3v) is 9.35. The van der Waals surface area contributed by atoms with Crippen LogP contribution in [0, 0.1) is 34.5 Å². The van der Waals surface area contributed by atoms with Gasteiger partial charge in [-0.1, -0.05) is 19.0 Å². The third-order valence-electron chi connectivity index (χ3n) is 9.35. The third kappa shape index (κ3) is 2.15. The number of hydrogen-bond donors (Lipinski definition) is 2. The number of hydrogen-bond acceptors (Lipinski definition) is 3. The molecule has 4 aliphatic rings. The Bertz CT molecular complexity index is 663. The number of aliphatic carboxylic acids is 1. The fourth-order valence-electron chi connectivity index (χ4n) is 7.92. The van der Waals surface area contributed by atoms with Crippen LogP contribution in [0.1, 0.15) is 71.6 Å². The summed E-state index contributed by atoms with van der Waals surface area (Å²) in [5.41, 5.74) is 8.58. The Labute approximate surface area is 155 Å². The van der Waals surface area contributed by atoms with Crippen molar-refractivity contribution in [1.82, 2.24) is 0 Å². The van der Waals surface area contributed by atoms with E-state index in [1.165, 1.54) is 0 Å². The molecule has 0 aromatic carbocycles. The van der Waals surface area contributed by atoms with E-state index in [4.69, 9.17) is 0 Å². The fourth-order valence-corrected chi connectivity index (χ4v) is 7.92. The molecule has 0 spiro atoms. The van der Waals surface area contributed by atoms with Crippen molar-refractivity contribution in [2.24, 2.45) is 39.6 Å². The summed E-state index contributed by atoms with van der Waals surface area (Å²) in [5, 5.41) is 24.4. The van der Waals surface area contributed by atoms with Crippen LogP contribution < -0.4 is 0 Å². The Kier molecular flexibility index (Phi) is 4.09. The number of azide groups is 1. The lowest BCUT2D eigenvalue weighted by Gasteiger charge is -2.63. The van der Waals surface area contributed by atoms with E-state index in [0.29, 0.717) is 24.7 Å². The minimum Gasteiger partial charge on any atom is -0.481 e. The van der Waals surface area contributed by atoms with Crippen LogP contribution in [0.5, 0.6) is 0 Å². The van der Waals surface area contributed by atoms with Crippen LogP contribution in [-0.2, 0) is 4.79 Å². The molecule has 4 saturated carbocycles. The van der Waals surface area contributed by atoms with E-state index in [-0.39, 0.29) is 17.4 Å². The Morgan fingerprint density at radius 3 is 2.54 bits per heavy atom. The van der Waals surface area contributed by atoms with Gasteiger partial charge in [0.1, 0.15) is 0 Å². The van der Waals surface area contributed by atoms with Gasteiger partial charge in [-0.2, -0.15) is 0 Å². The van der Waals surface area contributed by atoms with Gasteiger partial charge in [0.2, 0.25) is 0 Å². The largest absolute Gasteiger partial charge is 0.481 e. The Hall–Kier alpha value is -1.26. The summed E-state index contributed by atoms with van der Waals surface area (Å²) in [7, 11) is 0. The van der Waals surface area contributed by atoms with Gasteiger partial charge in [-0.25, -0.2) is 0 Å². The molecule has 0 amide bonds. The van der Waals surface area contributed by atoms with Crippen LogP contribution in [0.25, 0.3) is 10.4 Å². The van der Waals surface area contributed by atoms with Gasteiger partial charge in [0.25, 0.3) is 0 Å². The summed E-state index contributed by atoms with van der Waals surface area (Å²) in [4.78, 5) is 15.2. The number of rotatable bonds is 2. The second-order valence-corrected chi connectivity index (χ2v) is 9.92. The van der Waals surface area contributed by atoms with E-state index in [1.54, 1.807) is 0 Å². The van der Waals surface area contributed by atoms with Gasteiger partial charge in [-0.15, -0.1) is 0 Å². The SMILES string of the molecule is C[C@]12CCC(O)CC1CC[C@@H]1[C@@H]2CC[C@]2(C)C(C(=O)O)CC[C@@]12N=[N+]=[N-]. The predicted octanol–water partition coefficient (Wildman–Crippen LogP) is 4.52. The number of aliphatic hydroxyl groups is 1. The predicted molar refractivity (Wildman–Crippen MR) is 97.2 cm³/mol. The second-order valence-electron chi connectivity index (χ2n) is 9.92. The number of carbonyl (C=O) groups is 1.